The van der Waals surface area contributed by atoms with Crippen molar-refractivity contribution in [3.63, 3.8) is 0 Å². The number of aromatic nitrogens is 12. The molecule has 0 aliphatic carbocycles. The number of nitriles is 2. The normalized spacial score (nSPS) is 11.7. The summed E-state index contributed by atoms with van der Waals surface area (Å²) in [5, 5.41) is 61.1. The molecule has 10 rings (SSSR count). The molecule has 460 valence electrons. The highest BCUT2D eigenvalue weighted by Crippen LogP contribution is 2.44. The monoisotopic (exact) mass is 1270 g/mol. The average Bonchev–Trinajstić information content (AvgIpc) is 1.43. The number of aryl methyl sites for hydroxylation is 5. The smallest absolute Gasteiger partial charge is 0.248 e. The van der Waals surface area contributed by atoms with Crippen LogP contribution < -0.4 is 35.6 Å². The first-order chi connectivity index (χ1) is 43.2. The summed E-state index contributed by atoms with van der Waals surface area (Å²) in [7, 11) is -0.609. The number of thiazole rings is 2. The van der Waals surface area contributed by atoms with Gasteiger partial charge in [-0.15, -0.1) is 42.0 Å². The molecule has 7 aromatic heterocycles. The molecule has 32 heteroatoms. The lowest BCUT2D eigenvalue weighted by atomic mass is 10.1. The van der Waals surface area contributed by atoms with Gasteiger partial charge in [0, 0.05) is 37.5 Å². The zero-order chi connectivity index (χ0) is 64.4. The van der Waals surface area contributed by atoms with E-state index in [-0.39, 0.29) is 58.0 Å². The van der Waals surface area contributed by atoms with Crippen LogP contribution in [-0.2, 0) is 19.6 Å². The molecular formula is C58H60N24O5S3. The first kappa shape index (κ1) is 63.6. The first-order valence-electron chi connectivity index (χ1n) is 27.4. The highest BCUT2D eigenvalue weighted by atomic mass is 32.2. The molecule has 0 radical (unpaired) electrons. The number of aromatic amines is 1. The van der Waals surface area contributed by atoms with E-state index in [1.807, 2.05) is 84.0 Å². The molecule has 0 aliphatic rings. The maximum Gasteiger partial charge on any atom is 0.248 e. The Morgan fingerprint density at radius 2 is 1.54 bits per heavy atom. The Hall–Kier alpha value is -10.9. The fourth-order valence-corrected chi connectivity index (χ4v) is 11.2. The molecule has 0 saturated heterocycles. The highest BCUT2D eigenvalue weighted by Gasteiger charge is 2.28. The second-order valence-electron chi connectivity index (χ2n) is 19.9. The lowest BCUT2D eigenvalue weighted by molar-refractivity contribution is -0.111. The van der Waals surface area contributed by atoms with E-state index in [9.17, 15) is 23.7 Å². The van der Waals surface area contributed by atoms with Gasteiger partial charge in [0.15, 0.2) is 51.2 Å². The van der Waals surface area contributed by atoms with Crippen LogP contribution in [0.3, 0.4) is 0 Å². The van der Waals surface area contributed by atoms with Crippen molar-refractivity contribution in [3.05, 3.63) is 136 Å². The molecule has 0 spiro atoms. The first-order valence-corrected chi connectivity index (χ1v) is 31.0. The van der Waals surface area contributed by atoms with Gasteiger partial charge in [0.2, 0.25) is 50.5 Å². The summed E-state index contributed by atoms with van der Waals surface area (Å²) < 4.78 is 42.6. The van der Waals surface area contributed by atoms with Crippen molar-refractivity contribution in [1.29, 1.82) is 10.5 Å². The molecule has 6 N–H and O–H groups in total. The third-order valence-electron chi connectivity index (χ3n) is 12.9. The number of carbonyl (C=O) groups excluding carboxylic acids is 1. The number of H-pyrrole nitrogens is 1. The van der Waals surface area contributed by atoms with Gasteiger partial charge < -0.3 is 35.7 Å². The minimum absolute atomic E-state index is 0.0305. The number of rotatable bonds is 22. The third kappa shape index (κ3) is 14.4. The molecule has 0 aliphatic heterocycles. The fourth-order valence-electron chi connectivity index (χ4n) is 9.09. The number of carbonyl (C=O) groups is 1. The summed E-state index contributed by atoms with van der Waals surface area (Å²) in [6.45, 7) is 19.8. The Morgan fingerprint density at radius 1 is 0.867 bits per heavy atom. The summed E-state index contributed by atoms with van der Waals surface area (Å²) in [6, 6.07) is 21.6. The molecule has 1 unspecified atom stereocenters. The molecule has 0 bridgehead atoms. The molecule has 10 aromatic rings. The van der Waals surface area contributed by atoms with Crippen molar-refractivity contribution in [3.8, 4) is 29.0 Å². The Morgan fingerprint density at radius 3 is 2.17 bits per heavy atom. The predicted octanol–water partition coefficient (Wildman–Crippen LogP) is 12.1. The second-order valence-corrected chi connectivity index (χ2v) is 23.5. The minimum Gasteiger partial charge on any atom is -0.477 e. The van der Waals surface area contributed by atoms with Crippen LogP contribution in [0.15, 0.2) is 112 Å². The minimum atomic E-state index is -3.97. The van der Waals surface area contributed by atoms with E-state index in [1.54, 1.807) is 43.8 Å². The Labute approximate surface area is 524 Å². The van der Waals surface area contributed by atoms with Gasteiger partial charge >= 0.3 is 0 Å². The standard InChI is InChI=1S/C31H26N12O3S3.C27H34N12O2/c1-6-24(44)35-27-25(38-39-26-20(16-32)19(4)43(40-26)30-33-13-14-47-30)28(41-49(5,45)46)37-29(36-27)42(22-12-11-17(2)15-18(22)3)31-34-21-9-7-8-10-23(21)48-31;1-8-41-26-19(11-28)23(38-39(26)20-12-30-14-31-20)37-36-22-24(29-6)34-27(35-25(22)32-18(5)13-40-7)33-21-16(3)9-15(2)10-17(21)4/h6-15H,1H2,2-5H3,(H2,35,36,37,41,44);9-10,12,14,18H,8,13H2,1-7H3,(H,30,31)(H3,29,32,33,34,35). The van der Waals surface area contributed by atoms with Crippen LogP contribution in [0.2, 0.25) is 0 Å². The van der Waals surface area contributed by atoms with Gasteiger partial charge in [-0.25, -0.2) is 28.1 Å². The van der Waals surface area contributed by atoms with Crippen molar-refractivity contribution in [2.75, 3.05) is 64.5 Å². The maximum atomic E-state index is 12.7. The van der Waals surface area contributed by atoms with Gasteiger partial charge in [-0.2, -0.15) is 35.1 Å². The van der Waals surface area contributed by atoms with Crippen molar-refractivity contribution in [2.24, 2.45) is 20.5 Å². The number of ether oxygens (including phenoxy) is 2. The topological polar surface area (TPSA) is 372 Å². The average molecular weight is 1270 g/mol. The lowest BCUT2D eigenvalue weighted by Crippen LogP contribution is -2.22. The largest absolute Gasteiger partial charge is 0.477 e. The number of hydrogen-bond donors (Lipinski definition) is 6. The van der Waals surface area contributed by atoms with E-state index >= 15 is 0 Å². The fraction of sp³-hybridized carbons (Fsp3) is 0.241. The molecule has 0 fully saturated rings. The van der Waals surface area contributed by atoms with Crippen LogP contribution in [-0.4, -0.2) is 113 Å². The molecule has 1 amide bonds. The Balaban J connectivity index is 0.000000217. The van der Waals surface area contributed by atoms with E-state index in [4.69, 9.17) is 19.4 Å². The van der Waals surface area contributed by atoms with Crippen molar-refractivity contribution >= 4 is 124 Å². The number of anilines is 9. The van der Waals surface area contributed by atoms with Crippen molar-refractivity contribution in [1.82, 2.24) is 59.4 Å². The van der Waals surface area contributed by atoms with E-state index in [1.165, 1.54) is 43.9 Å². The molecule has 3 aromatic carbocycles. The Bertz CT molecular complexity index is 4510. The van der Waals surface area contributed by atoms with Crippen LogP contribution in [0.4, 0.5) is 74.7 Å². The van der Waals surface area contributed by atoms with Gasteiger partial charge in [-0.1, -0.05) is 65.4 Å². The molecule has 90 heavy (non-hydrogen) atoms. The van der Waals surface area contributed by atoms with Gasteiger partial charge in [0.1, 0.15) is 17.7 Å². The number of imidazole rings is 1. The van der Waals surface area contributed by atoms with Gasteiger partial charge in [0.25, 0.3) is 0 Å². The number of nitrogens with one attached hydrogen (secondary N) is 6. The summed E-state index contributed by atoms with van der Waals surface area (Å²) >= 11 is 2.68. The molecule has 29 nitrogen and oxygen atoms in total. The van der Waals surface area contributed by atoms with Crippen LogP contribution in [0, 0.1) is 64.2 Å². The predicted molar refractivity (Wildman–Crippen MR) is 346 cm³/mol. The number of para-hydroxylation sites is 1. The van der Waals surface area contributed by atoms with Crippen molar-refractivity contribution in [2.45, 2.75) is 61.4 Å². The van der Waals surface area contributed by atoms with Crippen LogP contribution >= 0.6 is 22.7 Å². The molecule has 0 saturated carbocycles. The lowest BCUT2D eigenvalue weighted by Gasteiger charge is -2.24. The summed E-state index contributed by atoms with van der Waals surface area (Å²) in [5.41, 5.74) is 8.30. The quantitative estimate of drug-likeness (QED) is 0.0271. The Kier molecular flexibility index (Phi) is 19.7. The number of sulfonamides is 1. The third-order valence-corrected chi connectivity index (χ3v) is 15.2. The number of fused-ring (bicyclic) bond motifs is 1. The molecule has 1 atom stereocenters. The van der Waals surface area contributed by atoms with Crippen molar-refractivity contribution < 1.29 is 22.7 Å². The second kappa shape index (κ2) is 27.8. The number of azo groups is 2. The molecule has 7 heterocycles. The van der Waals surface area contributed by atoms with E-state index in [2.05, 4.69) is 124 Å². The number of amides is 1. The number of benzene rings is 3. The van der Waals surface area contributed by atoms with E-state index < -0.39 is 15.9 Å². The maximum absolute atomic E-state index is 12.7. The zero-order valence-corrected chi connectivity index (χ0v) is 53.0. The SMILES string of the molecule is C=CC(=O)Nc1nc(N(c2nc3ccccc3s2)c2ccc(C)cc2C)nc(NS(C)(=O)=O)c1N=Nc1nn(-c2nccs2)c(C)c1C#N.CCOc1c(C#N)c(N=Nc2c(NC)nc(Nc3c(C)cc(C)cc3C)nc2NC(C)COC)nn1-c1cnc[nH]1. The van der Waals surface area contributed by atoms with Crippen LogP contribution in [0.25, 0.3) is 21.2 Å². The zero-order valence-electron chi connectivity index (χ0n) is 50.6. The van der Waals surface area contributed by atoms with Gasteiger partial charge in [-0.3, -0.25) is 14.4 Å². The number of hydrogen-bond acceptors (Lipinski definition) is 26. The number of methoxy groups -OCH3 is 1. The van der Waals surface area contributed by atoms with Crippen LogP contribution in [0.5, 0.6) is 5.88 Å². The molecular weight excluding hydrogens is 1210 g/mol. The van der Waals surface area contributed by atoms with E-state index in [0.29, 0.717) is 63.9 Å². The van der Waals surface area contributed by atoms with E-state index in [0.717, 1.165) is 50.5 Å². The van der Waals surface area contributed by atoms with Gasteiger partial charge in [-0.05, 0) is 96.4 Å². The number of nitrogens with zero attached hydrogens (tertiary/aromatic N) is 18. The summed E-state index contributed by atoms with van der Waals surface area (Å²) in [6.07, 6.45) is 6.63. The summed E-state index contributed by atoms with van der Waals surface area (Å²) in [4.78, 5) is 49.1. The highest BCUT2D eigenvalue weighted by molar-refractivity contribution is 7.92. The van der Waals surface area contributed by atoms with Gasteiger partial charge in [0.05, 0.1) is 53.6 Å². The summed E-state index contributed by atoms with van der Waals surface area (Å²) in [5.74, 6) is 0.743. The van der Waals surface area contributed by atoms with Crippen LogP contribution in [0.1, 0.15) is 58.5 Å².